The van der Waals surface area contributed by atoms with E-state index in [-0.39, 0.29) is 12.5 Å². The van der Waals surface area contributed by atoms with E-state index in [9.17, 15) is 14.4 Å². The number of carbonyl (C=O) groups excluding carboxylic acids is 3. The van der Waals surface area contributed by atoms with Crippen molar-refractivity contribution in [1.82, 2.24) is 10.6 Å². The van der Waals surface area contributed by atoms with Gasteiger partial charge in [-0.15, -0.1) is 0 Å². The Balaban J connectivity index is 2.16. The summed E-state index contributed by atoms with van der Waals surface area (Å²) < 4.78 is 5.11. The van der Waals surface area contributed by atoms with Crippen molar-refractivity contribution in [2.24, 2.45) is 0 Å². The zero-order chi connectivity index (χ0) is 21.2. The maximum Gasteiger partial charge on any atom is 0.321 e. The van der Waals surface area contributed by atoms with E-state index in [1.165, 1.54) is 7.05 Å². The van der Waals surface area contributed by atoms with Crippen LogP contribution in [-0.2, 0) is 9.59 Å². The number of hydrogen-bond acceptors (Lipinski definition) is 4. The quantitative estimate of drug-likeness (QED) is 0.526. The van der Waals surface area contributed by atoms with Crippen LogP contribution in [0.15, 0.2) is 54.6 Å². The fraction of sp³-hybridized carbons (Fsp3) is 0.286. The minimum Gasteiger partial charge on any atom is -0.497 e. The molecule has 2 atom stereocenters. The first-order valence-corrected chi connectivity index (χ1v) is 9.34. The fourth-order valence-corrected chi connectivity index (χ4v) is 2.98. The normalized spacial score (nSPS) is 12.4. The summed E-state index contributed by atoms with van der Waals surface area (Å²) in [6.45, 7) is 2.46. The fourth-order valence-electron chi connectivity index (χ4n) is 2.98. The Bertz CT molecular complexity index is 824. The standard InChI is InChI=1S/C21H26N4O4/c1-4-25(14-18(26)23-16-10-12-17(29-3)13-11-16)19(15-8-6-5-7-9-15)20(27)24-21(28)22-2/h5-13,19H,4,14H2,1-3H3,(H,23,26)(H2,22,24,27,28)/p+1/t19-/m1/s1. The average Bonchev–Trinajstić information content (AvgIpc) is 2.74. The molecule has 0 aliphatic carbocycles. The molecule has 0 aliphatic heterocycles. The van der Waals surface area contributed by atoms with Crippen LogP contribution in [0.25, 0.3) is 0 Å². The van der Waals surface area contributed by atoms with Crippen LogP contribution in [-0.4, -0.2) is 45.1 Å². The molecule has 4 N–H and O–H groups in total. The molecule has 2 aromatic rings. The number of carbonyl (C=O) groups is 3. The molecule has 8 heteroatoms. The Kier molecular flexibility index (Phi) is 8.17. The number of rotatable bonds is 8. The second-order valence-electron chi connectivity index (χ2n) is 6.38. The van der Waals surface area contributed by atoms with E-state index < -0.39 is 18.0 Å². The summed E-state index contributed by atoms with van der Waals surface area (Å²) >= 11 is 0. The van der Waals surface area contributed by atoms with E-state index in [0.717, 1.165) is 5.56 Å². The van der Waals surface area contributed by atoms with Gasteiger partial charge in [0.15, 0.2) is 12.6 Å². The largest absolute Gasteiger partial charge is 0.497 e. The lowest BCUT2D eigenvalue weighted by atomic mass is 10.0. The third-order valence-electron chi connectivity index (χ3n) is 4.48. The van der Waals surface area contributed by atoms with Crippen LogP contribution in [0.4, 0.5) is 10.5 Å². The molecule has 2 rings (SSSR count). The van der Waals surface area contributed by atoms with Gasteiger partial charge >= 0.3 is 6.03 Å². The van der Waals surface area contributed by atoms with Gasteiger partial charge in [-0.1, -0.05) is 30.3 Å². The van der Waals surface area contributed by atoms with Crippen molar-refractivity contribution in [2.75, 3.05) is 32.6 Å². The molecule has 0 spiro atoms. The average molecular weight is 399 g/mol. The molecule has 29 heavy (non-hydrogen) atoms. The van der Waals surface area contributed by atoms with Crippen LogP contribution in [0.5, 0.6) is 5.75 Å². The highest BCUT2D eigenvalue weighted by Crippen LogP contribution is 2.15. The summed E-state index contributed by atoms with van der Waals surface area (Å²) in [5.74, 6) is -0.0100. The third-order valence-corrected chi connectivity index (χ3v) is 4.48. The van der Waals surface area contributed by atoms with Crippen molar-refractivity contribution in [2.45, 2.75) is 13.0 Å². The van der Waals surface area contributed by atoms with Crippen molar-refractivity contribution in [3.63, 3.8) is 0 Å². The zero-order valence-corrected chi connectivity index (χ0v) is 16.8. The summed E-state index contributed by atoms with van der Waals surface area (Å²) in [5.41, 5.74) is 1.36. The number of anilines is 1. The summed E-state index contributed by atoms with van der Waals surface area (Å²) in [4.78, 5) is 37.7. The molecular weight excluding hydrogens is 372 g/mol. The number of imide groups is 1. The predicted octanol–water partition coefficient (Wildman–Crippen LogP) is 0.735. The smallest absolute Gasteiger partial charge is 0.321 e. The number of nitrogens with one attached hydrogen (secondary N) is 4. The summed E-state index contributed by atoms with van der Waals surface area (Å²) in [7, 11) is 3.01. The lowest BCUT2D eigenvalue weighted by Crippen LogP contribution is -3.14. The maximum absolute atomic E-state index is 12.8. The molecule has 8 nitrogen and oxygen atoms in total. The molecule has 0 bridgehead atoms. The topological polar surface area (TPSA) is 101 Å². The van der Waals surface area contributed by atoms with Gasteiger partial charge in [0.2, 0.25) is 0 Å². The minimum atomic E-state index is -0.708. The number of likely N-dealkylation sites (N-methyl/N-ethyl adjacent to an activating group) is 1. The first kappa shape index (κ1) is 21.9. The molecule has 0 aromatic heterocycles. The molecule has 0 radical (unpaired) electrons. The van der Waals surface area contributed by atoms with E-state index in [1.54, 1.807) is 31.4 Å². The van der Waals surface area contributed by atoms with E-state index in [1.807, 2.05) is 37.3 Å². The Morgan fingerprint density at radius 2 is 1.69 bits per heavy atom. The van der Waals surface area contributed by atoms with E-state index in [4.69, 9.17) is 4.74 Å². The number of urea groups is 1. The van der Waals surface area contributed by atoms with Crippen LogP contribution in [0, 0.1) is 0 Å². The first-order valence-electron chi connectivity index (χ1n) is 9.34. The number of quaternary nitrogens is 1. The monoisotopic (exact) mass is 399 g/mol. The highest BCUT2D eigenvalue weighted by atomic mass is 16.5. The SMILES string of the molecule is CC[NH+](CC(=O)Nc1ccc(OC)cc1)[C@@H](C(=O)NC(=O)NC)c1ccccc1. The van der Waals surface area contributed by atoms with E-state index in [2.05, 4.69) is 16.0 Å². The van der Waals surface area contributed by atoms with Gasteiger partial charge in [-0.05, 0) is 31.2 Å². The number of ether oxygens (including phenoxy) is 1. The summed E-state index contributed by atoms with van der Waals surface area (Å²) in [6.07, 6.45) is 0. The molecular formula is C21H27N4O4+. The molecule has 154 valence electrons. The maximum atomic E-state index is 12.8. The molecule has 0 saturated heterocycles. The van der Waals surface area contributed by atoms with Gasteiger partial charge in [-0.2, -0.15) is 0 Å². The Labute approximate surface area is 170 Å². The number of benzene rings is 2. The first-order chi connectivity index (χ1) is 14.0. The second-order valence-corrected chi connectivity index (χ2v) is 6.38. The van der Waals surface area contributed by atoms with Crippen LogP contribution < -0.4 is 25.6 Å². The van der Waals surface area contributed by atoms with Gasteiger partial charge in [0.05, 0.1) is 13.7 Å². The molecule has 1 unspecified atom stereocenters. The van der Waals surface area contributed by atoms with Crippen LogP contribution in [0.2, 0.25) is 0 Å². The highest BCUT2D eigenvalue weighted by molar-refractivity contribution is 5.97. The van der Waals surface area contributed by atoms with Crippen LogP contribution in [0.3, 0.4) is 0 Å². The van der Waals surface area contributed by atoms with Gasteiger partial charge in [-0.25, -0.2) is 4.79 Å². The molecule has 0 heterocycles. The molecule has 0 aliphatic rings. The van der Waals surface area contributed by atoms with Gasteiger partial charge in [0.25, 0.3) is 11.8 Å². The van der Waals surface area contributed by atoms with Crippen LogP contribution in [0.1, 0.15) is 18.5 Å². The molecule has 0 saturated carbocycles. The Hall–Kier alpha value is -3.39. The van der Waals surface area contributed by atoms with Crippen molar-refractivity contribution in [1.29, 1.82) is 0 Å². The Morgan fingerprint density at radius 1 is 1.03 bits per heavy atom. The lowest BCUT2D eigenvalue weighted by molar-refractivity contribution is -0.912. The van der Waals surface area contributed by atoms with Crippen molar-refractivity contribution in [3.05, 3.63) is 60.2 Å². The van der Waals surface area contributed by atoms with E-state index in [0.29, 0.717) is 22.9 Å². The lowest BCUT2D eigenvalue weighted by Gasteiger charge is -2.26. The van der Waals surface area contributed by atoms with E-state index >= 15 is 0 Å². The van der Waals surface area contributed by atoms with Gasteiger partial charge in [0, 0.05) is 18.3 Å². The zero-order valence-electron chi connectivity index (χ0n) is 16.8. The number of hydrogen-bond donors (Lipinski definition) is 4. The van der Waals surface area contributed by atoms with Crippen LogP contribution >= 0.6 is 0 Å². The molecule has 4 amide bonds. The van der Waals surface area contributed by atoms with Crippen molar-refractivity contribution >= 4 is 23.5 Å². The highest BCUT2D eigenvalue weighted by Gasteiger charge is 2.33. The minimum absolute atomic E-state index is 0.0588. The van der Waals surface area contributed by atoms with Crippen molar-refractivity contribution in [3.8, 4) is 5.75 Å². The molecule has 2 aromatic carbocycles. The van der Waals surface area contributed by atoms with Gasteiger partial charge in [0.1, 0.15) is 5.75 Å². The number of methoxy groups -OCH3 is 1. The second kappa shape index (κ2) is 10.8. The van der Waals surface area contributed by atoms with Crippen molar-refractivity contribution < 1.29 is 24.0 Å². The molecule has 0 fully saturated rings. The predicted molar refractivity (Wildman–Crippen MR) is 110 cm³/mol. The van der Waals surface area contributed by atoms with Gasteiger partial charge < -0.3 is 20.3 Å². The Morgan fingerprint density at radius 3 is 2.24 bits per heavy atom. The van der Waals surface area contributed by atoms with Gasteiger partial charge in [-0.3, -0.25) is 14.9 Å². The third kappa shape index (κ3) is 6.32. The summed E-state index contributed by atoms with van der Waals surface area (Å²) in [6, 6.07) is 14.8. The summed E-state index contributed by atoms with van der Waals surface area (Å²) in [5, 5.41) is 7.52. The number of amides is 4.